The molecule has 0 heterocycles. The third kappa shape index (κ3) is 6.89. The van der Waals surface area contributed by atoms with E-state index in [1.807, 2.05) is 26.0 Å². The molecule has 0 bridgehead atoms. The molecule has 0 aliphatic heterocycles. The van der Waals surface area contributed by atoms with Crippen LogP contribution in [0.2, 0.25) is 5.02 Å². The van der Waals surface area contributed by atoms with Gasteiger partial charge in [0.05, 0.1) is 6.61 Å². The number of methoxy groups -OCH3 is 1. The number of hydrogen-bond acceptors (Lipinski definition) is 3. The summed E-state index contributed by atoms with van der Waals surface area (Å²) in [7, 11) is 1.61. The highest BCUT2D eigenvalue weighted by Crippen LogP contribution is 2.17. The second-order valence-electron chi connectivity index (χ2n) is 4.79. The number of thiocarbonyl (C=S) groups is 1. The Morgan fingerprint density at radius 3 is 2.82 bits per heavy atom. The topological polar surface area (TPSA) is 62.4 Å². The van der Waals surface area contributed by atoms with Gasteiger partial charge < -0.3 is 10.1 Å². The Bertz CT molecular complexity index is 564. The number of rotatable bonds is 5. The van der Waals surface area contributed by atoms with E-state index in [1.54, 1.807) is 19.3 Å². The summed E-state index contributed by atoms with van der Waals surface area (Å²) in [4.78, 5) is 11.7. The molecule has 0 unspecified atom stereocenters. The van der Waals surface area contributed by atoms with Gasteiger partial charge in [-0.3, -0.25) is 15.6 Å². The van der Waals surface area contributed by atoms with Crippen LogP contribution in [0.5, 0.6) is 0 Å². The Morgan fingerprint density at radius 2 is 2.18 bits per heavy atom. The van der Waals surface area contributed by atoms with Crippen LogP contribution in [-0.4, -0.2) is 30.8 Å². The first-order valence-corrected chi connectivity index (χ1v) is 7.50. The van der Waals surface area contributed by atoms with Crippen molar-refractivity contribution in [1.82, 2.24) is 16.2 Å². The number of hydrazine groups is 1. The molecule has 120 valence electrons. The Hall–Kier alpha value is -1.63. The number of hydrogen-bond donors (Lipinski definition) is 3. The van der Waals surface area contributed by atoms with E-state index >= 15 is 0 Å². The fourth-order valence-corrected chi connectivity index (χ4v) is 2.04. The second-order valence-corrected chi connectivity index (χ2v) is 5.60. The van der Waals surface area contributed by atoms with Crippen LogP contribution < -0.4 is 16.2 Å². The minimum absolute atomic E-state index is 0.0483. The van der Waals surface area contributed by atoms with Crippen molar-refractivity contribution in [2.75, 3.05) is 13.7 Å². The number of ether oxygens (including phenoxy) is 1. The molecule has 0 aliphatic carbocycles. The molecule has 0 spiro atoms. The highest BCUT2D eigenvalue weighted by molar-refractivity contribution is 7.80. The summed E-state index contributed by atoms with van der Waals surface area (Å²) in [6, 6.07) is 5.63. The van der Waals surface area contributed by atoms with Crippen molar-refractivity contribution in [3.05, 3.63) is 40.4 Å². The fourth-order valence-electron chi connectivity index (χ4n) is 1.60. The van der Waals surface area contributed by atoms with E-state index in [4.69, 9.17) is 28.6 Å². The van der Waals surface area contributed by atoms with E-state index < -0.39 is 0 Å². The lowest BCUT2D eigenvalue weighted by atomic mass is 10.1. The molecule has 1 amide bonds. The smallest absolute Gasteiger partial charge is 0.262 e. The standard InChI is InChI=1S/C15H20ClN3O2S/c1-10-4-5-12(8-13(10)16)6-7-14(20)18-19-15(22)17-11(2)9-21-3/h4-8,11H,9H2,1-3H3,(H,18,20)(H2,17,19,22)/b7-6+/t11-/m0/s1. The van der Waals surface area contributed by atoms with E-state index in [0.29, 0.717) is 16.7 Å². The average Bonchev–Trinajstić information content (AvgIpc) is 2.46. The Balaban J connectivity index is 2.41. The number of carbonyl (C=O) groups is 1. The van der Waals surface area contributed by atoms with Gasteiger partial charge in [-0.1, -0.05) is 23.7 Å². The molecule has 1 aromatic rings. The van der Waals surface area contributed by atoms with Gasteiger partial charge in [-0.05, 0) is 49.3 Å². The van der Waals surface area contributed by atoms with E-state index in [-0.39, 0.29) is 11.9 Å². The van der Waals surface area contributed by atoms with Crippen LogP contribution in [0.15, 0.2) is 24.3 Å². The van der Waals surface area contributed by atoms with Gasteiger partial charge in [0.25, 0.3) is 5.91 Å². The molecule has 5 nitrogen and oxygen atoms in total. The first-order chi connectivity index (χ1) is 10.4. The number of aryl methyl sites for hydroxylation is 1. The average molecular weight is 342 g/mol. The molecule has 0 aromatic heterocycles. The predicted octanol–water partition coefficient (Wildman–Crippen LogP) is 2.19. The number of nitrogens with one attached hydrogen (secondary N) is 3. The molecule has 1 aromatic carbocycles. The zero-order valence-electron chi connectivity index (χ0n) is 12.8. The first-order valence-electron chi connectivity index (χ1n) is 6.72. The van der Waals surface area contributed by atoms with Gasteiger partial charge in [0.2, 0.25) is 0 Å². The quantitative estimate of drug-likeness (QED) is 0.435. The maximum atomic E-state index is 11.7. The predicted molar refractivity (Wildman–Crippen MR) is 93.6 cm³/mol. The lowest BCUT2D eigenvalue weighted by Crippen LogP contribution is -2.49. The van der Waals surface area contributed by atoms with Gasteiger partial charge in [0.1, 0.15) is 0 Å². The van der Waals surface area contributed by atoms with Crippen LogP contribution in [0.3, 0.4) is 0 Å². The molecule has 0 saturated heterocycles. The van der Waals surface area contributed by atoms with Gasteiger partial charge in [0, 0.05) is 24.3 Å². The van der Waals surface area contributed by atoms with Gasteiger partial charge >= 0.3 is 0 Å². The van der Waals surface area contributed by atoms with Crippen molar-refractivity contribution >= 4 is 40.9 Å². The number of carbonyl (C=O) groups excluding carboxylic acids is 1. The minimum Gasteiger partial charge on any atom is -0.383 e. The normalized spacial score (nSPS) is 12.0. The van der Waals surface area contributed by atoms with Gasteiger partial charge in [-0.2, -0.15) is 0 Å². The Morgan fingerprint density at radius 1 is 1.45 bits per heavy atom. The lowest BCUT2D eigenvalue weighted by molar-refractivity contribution is -0.116. The first kappa shape index (κ1) is 18.4. The summed E-state index contributed by atoms with van der Waals surface area (Å²) in [6.45, 7) is 4.36. The summed E-state index contributed by atoms with van der Waals surface area (Å²) >= 11 is 11.1. The molecule has 1 atom stereocenters. The molecular weight excluding hydrogens is 322 g/mol. The highest BCUT2D eigenvalue weighted by atomic mass is 35.5. The van der Waals surface area contributed by atoms with Crippen LogP contribution in [0.4, 0.5) is 0 Å². The molecule has 1 rings (SSSR count). The summed E-state index contributed by atoms with van der Waals surface area (Å²) in [5, 5.41) is 3.95. The van der Waals surface area contributed by atoms with Crippen molar-refractivity contribution in [1.29, 1.82) is 0 Å². The van der Waals surface area contributed by atoms with Crippen molar-refractivity contribution in [3.8, 4) is 0 Å². The van der Waals surface area contributed by atoms with Crippen LogP contribution in [-0.2, 0) is 9.53 Å². The molecule has 7 heteroatoms. The maximum absolute atomic E-state index is 11.7. The Kier molecular flexibility index (Phi) is 7.87. The second kappa shape index (κ2) is 9.40. The van der Waals surface area contributed by atoms with Crippen molar-refractivity contribution in [2.45, 2.75) is 19.9 Å². The Labute approximate surface area is 141 Å². The molecule has 0 aliphatic rings. The van der Waals surface area contributed by atoms with Crippen molar-refractivity contribution in [3.63, 3.8) is 0 Å². The van der Waals surface area contributed by atoms with Crippen molar-refractivity contribution < 1.29 is 9.53 Å². The van der Waals surface area contributed by atoms with E-state index in [9.17, 15) is 4.79 Å². The molecule has 0 fully saturated rings. The third-order valence-corrected chi connectivity index (χ3v) is 3.34. The van der Waals surface area contributed by atoms with E-state index in [0.717, 1.165) is 11.1 Å². The fraction of sp³-hybridized carbons (Fsp3) is 0.333. The van der Waals surface area contributed by atoms with Crippen LogP contribution in [0.1, 0.15) is 18.1 Å². The monoisotopic (exact) mass is 341 g/mol. The summed E-state index contributed by atoms with van der Waals surface area (Å²) < 4.78 is 4.98. The zero-order valence-corrected chi connectivity index (χ0v) is 14.3. The number of benzene rings is 1. The lowest BCUT2D eigenvalue weighted by Gasteiger charge is -2.15. The summed E-state index contributed by atoms with van der Waals surface area (Å²) in [5.41, 5.74) is 6.93. The zero-order chi connectivity index (χ0) is 16.5. The summed E-state index contributed by atoms with van der Waals surface area (Å²) in [5.74, 6) is -0.319. The highest BCUT2D eigenvalue weighted by Gasteiger charge is 2.03. The summed E-state index contributed by atoms with van der Waals surface area (Å²) in [6.07, 6.45) is 3.07. The molecule has 0 saturated carbocycles. The van der Waals surface area contributed by atoms with E-state index in [1.165, 1.54) is 6.08 Å². The number of amides is 1. The largest absolute Gasteiger partial charge is 0.383 e. The van der Waals surface area contributed by atoms with E-state index in [2.05, 4.69) is 16.2 Å². The number of halogens is 1. The van der Waals surface area contributed by atoms with Crippen molar-refractivity contribution in [2.24, 2.45) is 0 Å². The minimum atomic E-state index is -0.319. The molecular formula is C15H20ClN3O2S. The third-order valence-electron chi connectivity index (χ3n) is 2.72. The maximum Gasteiger partial charge on any atom is 0.262 e. The molecule has 22 heavy (non-hydrogen) atoms. The van der Waals surface area contributed by atoms with Crippen LogP contribution in [0.25, 0.3) is 6.08 Å². The SMILES string of the molecule is COC[C@H](C)NC(=S)NNC(=O)/C=C/c1ccc(C)c(Cl)c1. The van der Waals surface area contributed by atoms with Gasteiger partial charge in [0.15, 0.2) is 5.11 Å². The van der Waals surface area contributed by atoms with Crippen LogP contribution >= 0.6 is 23.8 Å². The van der Waals surface area contributed by atoms with Gasteiger partial charge in [-0.15, -0.1) is 0 Å². The van der Waals surface area contributed by atoms with Crippen LogP contribution in [0, 0.1) is 6.92 Å². The van der Waals surface area contributed by atoms with Gasteiger partial charge in [-0.25, -0.2) is 0 Å². The molecule has 0 radical (unpaired) electrons. The molecule has 3 N–H and O–H groups in total.